The minimum Gasteiger partial charge on any atom is -0.493 e. The number of thioether (sulfide) groups is 1. The number of fused-ring (bicyclic) bond motifs is 1. The van der Waals surface area contributed by atoms with Gasteiger partial charge in [-0.25, -0.2) is 14.5 Å². The van der Waals surface area contributed by atoms with Gasteiger partial charge in [0.2, 0.25) is 0 Å². The van der Waals surface area contributed by atoms with E-state index >= 15 is 0 Å². The molecular weight excluding hydrogens is 372 g/mol. The lowest BCUT2D eigenvalue weighted by molar-refractivity contribution is 0.343. The molecule has 0 saturated heterocycles. The van der Waals surface area contributed by atoms with Crippen molar-refractivity contribution in [2.24, 2.45) is 0 Å². The zero-order valence-electron chi connectivity index (χ0n) is 15.7. The van der Waals surface area contributed by atoms with Crippen LogP contribution in [0, 0.1) is 13.8 Å². The Morgan fingerprint density at radius 2 is 1.93 bits per heavy atom. The van der Waals surface area contributed by atoms with Gasteiger partial charge in [-0.05, 0) is 37.1 Å². The number of ether oxygens (including phenoxy) is 1. The molecule has 0 fully saturated rings. The maximum Gasteiger partial charge on any atom is 0.266 e. The first-order valence-corrected chi connectivity index (χ1v) is 9.97. The van der Waals surface area contributed by atoms with Crippen LogP contribution < -0.4 is 10.3 Å². The first kappa shape index (κ1) is 18.3. The highest BCUT2D eigenvalue weighted by atomic mass is 32.2. The summed E-state index contributed by atoms with van der Waals surface area (Å²) in [6.07, 6.45) is 0. The number of benzene rings is 2. The normalized spacial score (nSPS) is 11.1. The number of hydrogen-bond acceptors (Lipinski definition) is 5. The van der Waals surface area contributed by atoms with E-state index in [1.165, 1.54) is 17.8 Å². The lowest BCUT2D eigenvalue weighted by Crippen LogP contribution is -2.07. The van der Waals surface area contributed by atoms with E-state index in [0.29, 0.717) is 29.0 Å². The third-order valence-corrected chi connectivity index (χ3v) is 5.19. The molecule has 0 aliphatic carbocycles. The number of H-pyrrole nitrogens is 1. The van der Waals surface area contributed by atoms with Crippen LogP contribution in [0.15, 0.2) is 64.5 Å². The van der Waals surface area contributed by atoms with Crippen molar-refractivity contribution >= 4 is 17.4 Å². The van der Waals surface area contributed by atoms with E-state index in [0.717, 1.165) is 22.4 Å². The molecule has 7 heteroatoms. The average molecular weight is 392 g/mol. The second-order valence-corrected chi connectivity index (χ2v) is 7.53. The predicted molar refractivity (Wildman–Crippen MR) is 111 cm³/mol. The minimum atomic E-state index is -0.200. The van der Waals surface area contributed by atoms with Crippen molar-refractivity contribution in [2.45, 2.75) is 19.0 Å². The van der Waals surface area contributed by atoms with E-state index in [-0.39, 0.29) is 5.56 Å². The quantitative estimate of drug-likeness (QED) is 0.398. The van der Waals surface area contributed by atoms with Crippen LogP contribution in [0.4, 0.5) is 0 Å². The van der Waals surface area contributed by atoms with Crippen LogP contribution in [0.1, 0.15) is 11.1 Å². The molecule has 28 heavy (non-hydrogen) atoms. The summed E-state index contributed by atoms with van der Waals surface area (Å²) in [6, 6.07) is 17.4. The number of aryl methyl sites for hydroxylation is 2. The summed E-state index contributed by atoms with van der Waals surface area (Å²) < 4.78 is 7.44. The first-order chi connectivity index (χ1) is 13.6. The summed E-state index contributed by atoms with van der Waals surface area (Å²) >= 11 is 1.52. The Kier molecular flexibility index (Phi) is 5.16. The summed E-state index contributed by atoms with van der Waals surface area (Å²) in [7, 11) is 0. The summed E-state index contributed by atoms with van der Waals surface area (Å²) in [5.41, 5.74) is 3.56. The topological polar surface area (TPSA) is 72.3 Å². The summed E-state index contributed by atoms with van der Waals surface area (Å²) in [6.45, 7) is 4.59. The SMILES string of the molecule is Cc1cccc(OCCSc2nc(-c3ccccc3C)nc3cc(=O)[nH]n23)c1. The third-order valence-electron chi connectivity index (χ3n) is 4.28. The van der Waals surface area contributed by atoms with Gasteiger partial charge < -0.3 is 4.74 Å². The second-order valence-electron chi connectivity index (χ2n) is 6.47. The highest BCUT2D eigenvalue weighted by Gasteiger charge is 2.12. The Hall–Kier alpha value is -3.06. The molecule has 1 N–H and O–H groups in total. The minimum absolute atomic E-state index is 0.200. The molecule has 142 valence electrons. The molecule has 0 aliphatic heterocycles. The lowest BCUT2D eigenvalue weighted by atomic mass is 10.1. The maximum absolute atomic E-state index is 11.8. The van der Waals surface area contributed by atoms with Gasteiger partial charge in [0.05, 0.1) is 6.61 Å². The van der Waals surface area contributed by atoms with Gasteiger partial charge in [-0.2, -0.15) is 0 Å². The van der Waals surface area contributed by atoms with E-state index in [2.05, 4.69) is 10.1 Å². The molecule has 4 aromatic rings. The summed E-state index contributed by atoms with van der Waals surface area (Å²) in [5.74, 6) is 2.15. The van der Waals surface area contributed by atoms with Crippen LogP contribution in [0.25, 0.3) is 17.0 Å². The second kappa shape index (κ2) is 7.90. The van der Waals surface area contributed by atoms with Crippen LogP contribution in [-0.4, -0.2) is 31.9 Å². The van der Waals surface area contributed by atoms with Gasteiger partial charge in [-0.1, -0.05) is 48.2 Å². The van der Waals surface area contributed by atoms with Crippen molar-refractivity contribution in [1.82, 2.24) is 19.6 Å². The van der Waals surface area contributed by atoms with E-state index in [9.17, 15) is 4.79 Å². The van der Waals surface area contributed by atoms with Crippen LogP contribution in [0.3, 0.4) is 0 Å². The fourth-order valence-electron chi connectivity index (χ4n) is 2.92. The Labute approximate surface area is 166 Å². The van der Waals surface area contributed by atoms with Gasteiger partial charge in [-0.15, -0.1) is 0 Å². The molecule has 0 amide bonds. The average Bonchev–Trinajstić information content (AvgIpc) is 3.06. The summed E-state index contributed by atoms with van der Waals surface area (Å²) in [4.78, 5) is 21.1. The highest BCUT2D eigenvalue weighted by Crippen LogP contribution is 2.24. The summed E-state index contributed by atoms with van der Waals surface area (Å²) in [5, 5.41) is 3.44. The van der Waals surface area contributed by atoms with Gasteiger partial charge in [0, 0.05) is 17.4 Å². The number of aromatic amines is 1. The zero-order valence-corrected chi connectivity index (χ0v) is 16.5. The van der Waals surface area contributed by atoms with Crippen LogP contribution in [0.5, 0.6) is 5.75 Å². The Balaban J connectivity index is 1.57. The fraction of sp³-hybridized carbons (Fsp3) is 0.190. The Bertz CT molecular complexity index is 1180. The van der Waals surface area contributed by atoms with Crippen molar-refractivity contribution in [3.63, 3.8) is 0 Å². The number of rotatable bonds is 6. The van der Waals surface area contributed by atoms with Gasteiger partial charge in [-0.3, -0.25) is 9.89 Å². The Morgan fingerprint density at radius 1 is 1.07 bits per heavy atom. The third kappa shape index (κ3) is 3.94. The smallest absolute Gasteiger partial charge is 0.266 e. The molecule has 2 aromatic heterocycles. The number of aromatic nitrogens is 4. The highest BCUT2D eigenvalue weighted by molar-refractivity contribution is 7.99. The van der Waals surface area contributed by atoms with Crippen molar-refractivity contribution in [3.05, 3.63) is 76.1 Å². The molecule has 0 radical (unpaired) electrons. The van der Waals surface area contributed by atoms with Crippen LogP contribution >= 0.6 is 11.8 Å². The van der Waals surface area contributed by atoms with E-state index in [1.54, 1.807) is 4.52 Å². The van der Waals surface area contributed by atoms with Crippen molar-refractivity contribution in [3.8, 4) is 17.1 Å². The monoisotopic (exact) mass is 392 g/mol. The van der Waals surface area contributed by atoms with Crippen molar-refractivity contribution in [2.75, 3.05) is 12.4 Å². The standard InChI is InChI=1S/C21H20N4O2S/c1-14-6-5-8-16(12-14)27-10-11-28-21-23-20(17-9-4-3-7-15(17)2)22-18-13-19(26)24-25(18)21/h3-9,12-13H,10-11H2,1-2H3,(H,24,26). The van der Waals surface area contributed by atoms with E-state index in [1.807, 2.05) is 62.4 Å². The fourth-order valence-corrected chi connectivity index (χ4v) is 3.69. The van der Waals surface area contributed by atoms with Crippen molar-refractivity contribution in [1.29, 1.82) is 0 Å². The molecule has 0 saturated carbocycles. The van der Waals surface area contributed by atoms with E-state index in [4.69, 9.17) is 9.72 Å². The molecule has 0 unspecified atom stereocenters. The first-order valence-electron chi connectivity index (χ1n) is 8.98. The van der Waals surface area contributed by atoms with Gasteiger partial charge >= 0.3 is 0 Å². The molecule has 6 nitrogen and oxygen atoms in total. The molecule has 0 bridgehead atoms. The van der Waals surface area contributed by atoms with Crippen LogP contribution in [0.2, 0.25) is 0 Å². The molecule has 2 heterocycles. The molecule has 2 aromatic carbocycles. The largest absolute Gasteiger partial charge is 0.493 e. The predicted octanol–water partition coefficient (Wildman–Crippen LogP) is 3.87. The van der Waals surface area contributed by atoms with E-state index < -0.39 is 0 Å². The number of hydrogen-bond donors (Lipinski definition) is 1. The van der Waals surface area contributed by atoms with Crippen molar-refractivity contribution < 1.29 is 4.74 Å². The number of nitrogens with zero attached hydrogens (tertiary/aromatic N) is 3. The number of nitrogens with one attached hydrogen (secondary N) is 1. The zero-order chi connectivity index (χ0) is 19.5. The molecule has 4 rings (SSSR count). The molecular formula is C21H20N4O2S. The lowest BCUT2D eigenvalue weighted by Gasteiger charge is -2.10. The van der Waals surface area contributed by atoms with Gasteiger partial charge in [0.25, 0.3) is 5.56 Å². The van der Waals surface area contributed by atoms with Crippen LogP contribution in [-0.2, 0) is 0 Å². The van der Waals surface area contributed by atoms with Gasteiger partial charge in [0.1, 0.15) is 5.75 Å². The molecule has 0 atom stereocenters. The molecule has 0 spiro atoms. The Morgan fingerprint density at radius 3 is 2.75 bits per heavy atom. The van der Waals surface area contributed by atoms with Gasteiger partial charge in [0.15, 0.2) is 16.6 Å². The molecule has 0 aliphatic rings. The maximum atomic E-state index is 11.8.